The molecule has 4 heterocycles. The summed E-state index contributed by atoms with van der Waals surface area (Å²) in [5.74, 6) is -0.546. The zero-order valence-electron chi connectivity index (χ0n) is 26.8. The van der Waals surface area contributed by atoms with Crippen LogP contribution in [0.5, 0.6) is 5.75 Å². The topological polar surface area (TPSA) is 123 Å². The van der Waals surface area contributed by atoms with Crippen molar-refractivity contribution in [3.8, 4) is 27.4 Å². The number of nitrogens with one attached hydrogen (secondary N) is 2. The van der Waals surface area contributed by atoms with Gasteiger partial charge in [0.25, 0.3) is 5.91 Å². The summed E-state index contributed by atoms with van der Waals surface area (Å²) >= 11 is 1.000. The van der Waals surface area contributed by atoms with E-state index in [4.69, 9.17) is 9.47 Å². The van der Waals surface area contributed by atoms with Crippen molar-refractivity contribution < 1.29 is 41.4 Å². The summed E-state index contributed by atoms with van der Waals surface area (Å²) in [4.78, 5) is 46.7. The van der Waals surface area contributed by atoms with Crippen LogP contribution in [-0.4, -0.2) is 65.0 Å². The number of piperidine rings is 1. The lowest BCUT2D eigenvalue weighted by atomic mass is 9.99. The number of alkyl halides is 3. The van der Waals surface area contributed by atoms with Crippen molar-refractivity contribution in [2.45, 2.75) is 31.6 Å². The van der Waals surface area contributed by atoms with E-state index >= 15 is 0 Å². The highest BCUT2D eigenvalue weighted by Gasteiger charge is 2.39. The molecule has 3 amide bonds. The van der Waals surface area contributed by atoms with Crippen LogP contribution < -0.4 is 15.4 Å². The zero-order valence-corrected chi connectivity index (χ0v) is 27.6. The van der Waals surface area contributed by atoms with Gasteiger partial charge in [0.1, 0.15) is 35.0 Å². The summed E-state index contributed by atoms with van der Waals surface area (Å²) < 4.78 is 68.2. The highest BCUT2D eigenvalue weighted by Crippen LogP contribution is 2.42. The van der Waals surface area contributed by atoms with Gasteiger partial charge in [-0.25, -0.2) is 14.4 Å². The van der Waals surface area contributed by atoms with Gasteiger partial charge >= 0.3 is 6.18 Å². The van der Waals surface area contributed by atoms with E-state index in [1.54, 1.807) is 36.4 Å². The monoisotopic (exact) mass is 719 g/mol. The van der Waals surface area contributed by atoms with Crippen molar-refractivity contribution in [2.24, 2.45) is 0 Å². The summed E-state index contributed by atoms with van der Waals surface area (Å²) in [7, 11) is 0. The van der Waals surface area contributed by atoms with Gasteiger partial charge in [-0.2, -0.15) is 13.2 Å². The van der Waals surface area contributed by atoms with Crippen LogP contribution in [0.15, 0.2) is 72.9 Å². The van der Waals surface area contributed by atoms with Gasteiger partial charge in [0, 0.05) is 36.8 Å². The predicted octanol–water partition coefficient (Wildman–Crippen LogP) is 6.45. The lowest BCUT2D eigenvalue weighted by molar-refractivity contribution is -0.138. The van der Waals surface area contributed by atoms with Gasteiger partial charge in [-0.3, -0.25) is 19.7 Å². The number of amides is 3. The Balaban J connectivity index is 0.904. The number of pyridine rings is 1. The molecule has 10 nitrogen and oxygen atoms in total. The molecule has 3 aromatic carbocycles. The zero-order chi connectivity index (χ0) is 35.7. The van der Waals surface area contributed by atoms with Crippen LogP contribution in [0.4, 0.5) is 23.4 Å². The SMILES string of the molecule is O=C1CCC(N2Cc3cc(OCCOCCNc4cc(-c5ccc(-c6nc7ccc(F)cc7s6)c(C(F)(F)F)c5)ccn4)ccc3C2=O)C(=O)N1. The first-order valence-corrected chi connectivity index (χ1v) is 16.8. The fourth-order valence-electron chi connectivity index (χ4n) is 6.08. The van der Waals surface area contributed by atoms with Crippen molar-refractivity contribution in [3.05, 3.63) is 95.4 Å². The molecule has 7 rings (SSSR count). The Morgan fingerprint density at radius 2 is 1.76 bits per heavy atom. The molecule has 51 heavy (non-hydrogen) atoms. The van der Waals surface area contributed by atoms with Crippen LogP contribution in [-0.2, 0) is 27.0 Å². The van der Waals surface area contributed by atoms with Gasteiger partial charge in [0.15, 0.2) is 0 Å². The first-order valence-electron chi connectivity index (χ1n) is 16.0. The third-order valence-corrected chi connectivity index (χ3v) is 9.59. The number of thiazole rings is 1. The molecule has 5 aromatic rings. The maximum Gasteiger partial charge on any atom is 0.417 e. The molecular formula is C36H29F4N5O5S. The number of carbonyl (C=O) groups excluding carboxylic acids is 3. The number of hydrogen-bond donors (Lipinski definition) is 2. The third-order valence-electron chi connectivity index (χ3n) is 8.54. The molecule has 2 aliphatic heterocycles. The number of imide groups is 1. The molecule has 2 N–H and O–H groups in total. The Bertz CT molecular complexity index is 2160. The second-order valence-electron chi connectivity index (χ2n) is 11.9. The summed E-state index contributed by atoms with van der Waals surface area (Å²) in [6.07, 6.45) is -2.68. The number of benzene rings is 3. The summed E-state index contributed by atoms with van der Waals surface area (Å²) in [5.41, 5.74) is 1.60. The molecule has 0 aliphatic carbocycles. The van der Waals surface area contributed by atoms with Crippen LogP contribution in [0.25, 0.3) is 31.9 Å². The van der Waals surface area contributed by atoms with Gasteiger partial charge in [0.05, 0.1) is 29.0 Å². The van der Waals surface area contributed by atoms with Crippen molar-refractivity contribution in [1.82, 2.24) is 20.2 Å². The Hall–Kier alpha value is -5.41. The molecule has 1 saturated heterocycles. The minimum atomic E-state index is -4.65. The number of halogens is 4. The second kappa shape index (κ2) is 14.1. The first kappa shape index (κ1) is 34.1. The number of rotatable bonds is 11. The number of ether oxygens (including phenoxy) is 2. The predicted molar refractivity (Wildman–Crippen MR) is 181 cm³/mol. The molecule has 2 aliphatic rings. The Morgan fingerprint density at radius 3 is 2.59 bits per heavy atom. The van der Waals surface area contributed by atoms with Crippen molar-refractivity contribution in [1.29, 1.82) is 0 Å². The van der Waals surface area contributed by atoms with E-state index < -0.39 is 29.5 Å². The Kier molecular flexibility index (Phi) is 9.40. The van der Waals surface area contributed by atoms with Crippen LogP contribution in [0.3, 0.4) is 0 Å². The molecule has 1 atom stereocenters. The first-order chi connectivity index (χ1) is 24.5. The minimum absolute atomic E-state index is 0.0795. The minimum Gasteiger partial charge on any atom is -0.491 e. The standard InChI is InChI=1S/C36H29F4N5O5S/c37-23-2-6-28-30(18-23)51-34(43-28)26-4-1-20(16-27(26)36(38,39)40)21-9-10-41-31(17-21)42-11-12-49-13-14-50-24-3-5-25-22(15-24)19-45(35(25)48)29-7-8-32(46)44-33(29)47/h1-6,9-10,15-18,29H,7-8,11-14,19H2,(H,41,42)(H,44,46,47). The van der Waals surface area contributed by atoms with Crippen LogP contribution in [0, 0.1) is 5.82 Å². The van der Waals surface area contributed by atoms with Crippen molar-refractivity contribution >= 4 is 45.1 Å². The van der Waals surface area contributed by atoms with Gasteiger partial charge in [-0.15, -0.1) is 11.3 Å². The molecule has 1 unspecified atom stereocenters. The molecule has 0 bridgehead atoms. The van der Waals surface area contributed by atoms with Crippen molar-refractivity contribution in [2.75, 3.05) is 31.7 Å². The van der Waals surface area contributed by atoms with E-state index in [2.05, 4.69) is 20.6 Å². The van der Waals surface area contributed by atoms with Gasteiger partial charge in [-0.1, -0.05) is 12.1 Å². The number of carbonyl (C=O) groups is 3. The Morgan fingerprint density at radius 1 is 0.941 bits per heavy atom. The maximum atomic E-state index is 14.2. The molecule has 262 valence electrons. The van der Waals surface area contributed by atoms with Crippen molar-refractivity contribution in [3.63, 3.8) is 0 Å². The molecule has 15 heteroatoms. The third kappa shape index (κ3) is 7.39. The van der Waals surface area contributed by atoms with Gasteiger partial charge in [0.2, 0.25) is 11.8 Å². The van der Waals surface area contributed by atoms with E-state index in [9.17, 15) is 31.9 Å². The Labute approximate surface area is 292 Å². The van der Waals surface area contributed by atoms with Crippen LogP contribution in [0.2, 0.25) is 0 Å². The molecule has 0 saturated carbocycles. The van der Waals surface area contributed by atoms with E-state index in [1.807, 2.05) is 0 Å². The number of aromatic nitrogens is 2. The fraction of sp³-hybridized carbons (Fsp3) is 0.250. The second-order valence-corrected chi connectivity index (χ2v) is 13.0. The lowest BCUT2D eigenvalue weighted by Gasteiger charge is -2.29. The lowest BCUT2D eigenvalue weighted by Crippen LogP contribution is -2.52. The highest BCUT2D eigenvalue weighted by molar-refractivity contribution is 7.21. The molecule has 0 radical (unpaired) electrons. The number of fused-ring (bicyclic) bond motifs is 2. The smallest absolute Gasteiger partial charge is 0.417 e. The molecular weight excluding hydrogens is 690 g/mol. The summed E-state index contributed by atoms with van der Waals surface area (Å²) in [6.45, 7) is 1.43. The van der Waals surface area contributed by atoms with E-state index in [-0.39, 0.29) is 55.0 Å². The summed E-state index contributed by atoms with van der Waals surface area (Å²) in [5, 5.41) is 5.55. The quantitative estimate of drug-likeness (QED) is 0.0908. The van der Waals surface area contributed by atoms with Gasteiger partial charge < -0.3 is 19.7 Å². The number of nitrogens with zero attached hydrogens (tertiary/aromatic N) is 3. The molecule has 1 fully saturated rings. The van der Waals surface area contributed by atoms with E-state index in [1.165, 1.54) is 35.4 Å². The number of anilines is 1. The summed E-state index contributed by atoms with van der Waals surface area (Å²) in [6, 6.07) is 15.7. The highest BCUT2D eigenvalue weighted by atomic mass is 32.1. The normalized spacial score (nSPS) is 16.0. The number of hydrogen-bond acceptors (Lipinski definition) is 9. The largest absolute Gasteiger partial charge is 0.491 e. The molecule has 2 aromatic heterocycles. The maximum absolute atomic E-state index is 14.2. The fourth-order valence-corrected chi connectivity index (χ4v) is 7.11. The van der Waals surface area contributed by atoms with E-state index in [0.29, 0.717) is 51.6 Å². The van der Waals surface area contributed by atoms with Crippen LogP contribution in [0.1, 0.15) is 34.3 Å². The van der Waals surface area contributed by atoms with Crippen LogP contribution >= 0.6 is 11.3 Å². The molecule has 0 spiro atoms. The average Bonchev–Trinajstić information content (AvgIpc) is 3.67. The van der Waals surface area contributed by atoms with E-state index in [0.717, 1.165) is 23.0 Å². The average molecular weight is 720 g/mol. The van der Waals surface area contributed by atoms with Gasteiger partial charge in [-0.05, 0) is 77.7 Å².